The standard InChI is InChI=1S/C19H40N6O2.C16H32N8O4/c1-5-22-6-8-23(14-18(20)27)9-10-24(15-19(2,3)4)11-13-25(12-7-22)16-21-17-26;17-15(27)9-21-1-2-22(10-16(18)28)4-6-24(12-20-14-26)8-7-23(5-3-21)11-19-13-25/h17H,5-16H2,1-4H3,(H2,20,27)(H,21,26);13-14H,1-12H2,(H2,17,27)(H2,18,28)(H,19,25)(H,20,26). The lowest BCUT2D eigenvalue weighted by Crippen LogP contribution is -2.50. The molecule has 0 unspecified atom stereocenters. The molecule has 2 aliphatic heterocycles. The van der Waals surface area contributed by atoms with Crippen LogP contribution in [0, 0.1) is 5.41 Å². The highest BCUT2D eigenvalue weighted by molar-refractivity contribution is 5.76. The summed E-state index contributed by atoms with van der Waals surface area (Å²) in [4.78, 5) is 83.5. The molecule has 2 saturated heterocycles. The molecule has 0 radical (unpaired) electrons. The molecular formula is C35H72N14O6. The van der Waals surface area contributed by atoms with Gasteiger partial charge in [0.05, 0.1) is 39.6 Å². The minimum absolute atomic E-state index is 0.120. The van der Waals surface area contributed by atoms with Gasteiger partial charge in [-0.1, -0.05) is 27.7 Å². The van der Waals surface area contributed by atoms with Crippen LogP contribution in [-0.4, -0.2) is 234 Å². The van der Waals surface area contributed by atoms with Gasteiger partial charge in [0.2, 0.25) is 37.0 Å². The smallest absolute Gasteiger partial charge is 0.231 e. The number of nitrogens with zero attached hydrogens (tertiary/aromatic N) is 8. The summed E-state index contributed by atoms with van der Waals surface area (Å²) in [6, 6.07) is 0. The van der Waals surface area contributed by atoms with Gasteiger partial charge in [0, 0.05) is 111 Å². The Balaban J connectivity index is 0.000000550. The fourth-order valence-corrected chi connectivity index (χ4v) is 6.41. The molecule has 2 rings (SSSR count). The van der Waals surface area contributed by atoms with E-state index in [1.54, 1.807) is 0 Å². The van der Waals surface area contributed by atoms with Crippen LogP contribution in [0.15, 0.2) is 0 Å². The Morgan fingerprint density at radius 1 is 0.455 bits per heavy atom. The monoisotopic (exact) mass is 785 g/mol. The Hall–Kier alpha value is -3.50. The molecule has 0 aliphatic carbocycles. The van der Waals surface area contributed by atoms with Crippen LogP contribution in [0.1, 0.15) is 27.7 Å². The zero-order valence-corrected chi connectivity index (χ0v) is 34.0. The average Bonchev–Trinajstić information content (AvgIpc) is 3.10. The van der Waals surface area contributed by atoms with Gasteiger partial charge < -0.3 is 43.0 Å². The number of amides is 6. The molecule has 55 heavy (non-hydrogen) atoms. The number of rotatable bonds is 17. The lowest BCUT2D eigenvalue weighted by atomic mass is 9.96. The Labute approximate surface area is 328 Å². The average molecular weight is 785 g/mol. The van der Waals surface area contributed by atoms with Gasteiger partial charge in [0.25, 0.3) is 0 Å². The first-order valence-electron chi connectivity index (χ1n) is 19.3. The van der Waals surface area contributed by atoms with Crippen LogP contribution in [0.25, 0.3) is 0 Å². The molecule has 0 saturated carbocycles. The molecule has 0 bridgehead atoms. The van der Waals surface area contributed by atoms with Crippen molar-refractivity contribution in [1.29, 1.82) is 0 Å². The van der Waals surface area contributed by atoms with Crippen LogP contribution in [0.5, 0.6) is 0 Å². The molecule has 318 valence electrons. The van der Waals surface area contributed by atoms with Gasteiger partial charge in [-0.25, -0.2) is 0 Å². The molecule has 0 aromatic heterocycles. The lowest BCUT2D eigenvalue weighted by molar-refractivity contribution is -0.120. The number of carbonyl (C=O) groups excluding carboxylic acids is 6. The molecule has 0 atom stereocenters. The van der Waals surface area contributed by atoms with E-state index < -0.39 is 11.8 Å². The maximum absolute atomic E-state index is 11.5. The normalized spacial score (nSPS) is 19.9. The van der Waals surface area contributed by atoms with Gasteiger partial charge in [-0.05, 0) is 12.0 Å². The van der Waals surface area contributed by atoms with Crippen LogP contribution in [0.4, 0.5) is 0 Å². The fraction of sp³-hybridized carbons (Fsp3) is 0.829. The number of hydrogen-bond acceptors (Lipinski definition) is 14. The van der Waals surface area contributed by atoms with Crippen molar-refractivity contribution in [3.8, 4) is 0 Å². The van der Waals surface area contributed by atoms with Gasteiger partial charge in [0.1, 0.15) is 0 Å². The third kappa shape index (κ3) is 26.1. The molecule has 2 fully saturated rings. The van der Waals surface area contributed by atoms with E-state index in [0.717, 1.165) is 71.9 Å². The highest BCUT2D eigenvalue weighted by atomic mass is 16.2. The van der Waals surface area contributed by atoms with E-state index in [-0.39, 0.29) is 24.4 Å². The Morgan fingerprint density at radius 3 is 0.909 bits per heavy atom. The number of carbonyl (C=O) groups is 6. The summed E-state index contributed by atoms with van der Waals surface area (Å²) in [5.41, 5.74) is 16.4. The molecule has 20 heteroatoms. The largest absolute Gasteiger partial charge is 0.369 e. The van der Waals surface area contributed by atoms with Gasteiger partial charge in [-0.2, -0.15) is 0 Å². The molecule has 9 N–H and O–H groups in total. The van der Waals surface area contributed by atoms with Crippen LogP contribution < -0.4 is 33.2 Å². The summed E-state index contributed by atoms with van der Waals surface area (Å²) in [5.74, 6) is -1.10. The Bertz CT molecular complexity index is 1070. The minimum atomic E-state index is -0.419. The molecule has 6 amide bonds. The molecule has 20 nitrogen and oxygen atoms in total. The predicted octanol–water partition coefficient (Wildman–Crippen LogP) is -4.95. The molecular weight excluding hydrogens is 712 g/mol. The first kappa shape index (κ1) is 49.5. The van der Waals surface area contributed by atoms with E-state index in [1.807, 2.05) is 9.80 Å². The predicted molar refractivity (Wildman–Crippen MR) is 212 cm³/mol. The van der Waals surface area contributed by atoms with E-state index >= 15 is 0 Å². The second-order valence-corrected chi connectivity index (χ2v) is 15.3. The first-order valence-corrected chi connectivity index (χ1v) is 19.3. The lowest BCUT2D eigenvalue weighted by Gasteiger charge is -2.35. The zero-order valence-electron chi connectivity index (χ0n) is 34.0. The van der Waals surface area contributed by atoms with Crippen LogP contribution in [0.2, 0.25) is 0 Å². The quantitative estimate of drug-likeness (QED) is 0.0758. The van der Waals surface area contributed by atoms with E-state index in [9.17, 15) is 28.8 Å². The van der Waals surface area contributed by atoms with E-state index in [0.29, 0.717) is 91.7 Å². The fourth-order valence-electron chi connectivity index (χ4n) is 6.41. The number of nitrogens with two attached hydrogens (primary N) is 3. The Kier molecular flexibility index (Phi) is 26.0. The van der Waals surface area contributed by atoms with Crippen molar-refractivity contribution in [1.82, 2.24) is 55.1 Å². The van der Waals surface area contributed by atoms with Crippen molar-refractivity contribution in [2.24, 2.45) is 22.6 Å². The van der Waals surface area contributed by atoms with Crippen molar-refractivity contribution in [2.75, 3.05) is 157 Å². The number of primary amides is 3. The van der Waals surface area contributed by atoms with E-state index in [2.05, 4.69) is 73.0 Å². The second kappa shape index (κ2) is 28.8. The van der Waals surface area contributed by atoms with Gasteiger partial charge in [-0.15, -0.1) is 0 Å². The topological polar surface area (TPSA) is 242 Å². The number of hydrogen-bond donors (Lipinski definition) is 6. The van der Waals surface area contributed by atoms with Crippen LogP contribution in [0.3, 0.4) is 0 Å². The van der Waals surface area contributed by atoms with Crippen molar-refractivity contribution in [3.63, 3.8) is 0 Å². The van der Waals surface area contributed by atoms with Crippen molar-refractivity contribution >= 4 is 37.0 Å². The maximum Gasteiger partial charge on any atom is 0.231 e. The molecule has 2 aliphatic rings. The SMILES string of the molecule is CCN1CCN(CNC=O)CCN(CC(C)(C)C)CCN(CC(N)=O)CC1.NC(=O)CN1CCN(CNC=O)CCN(CNC=O)CCN(CC(N)=O)CC1. The van der Waals surface area contributed by atoms with E-state index in [1.165, 1.54) is 0 Å². The second-order valence-electron chi connectivity index (χ2n) is 15.3. The molecule has 0 aromatic rings. The summed E-state index contributed by atoms with van der Waals surface area (Å²) < 4.78 is 0. The summed E-state index contributed by atoms with van der Waals surface area (Å²) in [6.45, 7) is 24.8. The van der Waals surface area contributed by atoms with Gasteiger partial charge >= 0.3 is 0 Å². The van der Waals surface area contributed by atoms with Crippen LogP contribution >= 0.6 is 0 Å². The summed E-state index contributed by atoms with van der Waals surface area (Å²) in [7, 11) is 0. The van der Waals surface area contributed by atoms with Crippen molar-refractivity contribution < 1.29 is 28.8 Å². The number of likely N-dealkylation sites (N-methyl/N-ethyl adjacent to an activating group) is 1. The van der Waals surface area contributed by atoms with Crippen molar-refractivity contribution in [3.05, 3.63) is 0 Å². The molecule has 2 heterocycles. The highest BCUT2D eigenvalue weighted by Crippen LogP contribution is 2.15. The third-order valence-corrected chi connectivity index (χ3v) is 9.34. The summed E-state index contributed by atoms with van der Waals surface area (Å²) >= 11 is 0. The number of nitrogens with one attached hydrogen (secondary N) is 3. The third-order valence-electron chi connectivity index (χ3n) is 9.34. The van der Waals surface area contributed by atoms with E-state index in [4.69, 9.17) is 17.2 Å². The van der Waals surface area contributed by atoms with Gasteiger partial charge in [-0.3, -0.25) is 58.2 Å². The van der Waals surface area contributed by atoms with Crippen molar-refractivity contribution in [2.45, 2.75) is 27.7 Å². The zero-order chi connectivity index (χ0) is 41.1. The summed E-state index contributed by atoms with van der Waals surface area (Å²) in [6.07, 6.45) is 2.05. The highest BCUT2D eigenvalue weighted by Gasteiger charge is 2.21. The molecule has 0 aromatic carbocycles. The van der Waals surface area contributed by atoms with Crippen LogP contribution in [-0.2, 0) is 28.8 Å². The van der Waals surface area contributed by atoms with Gasteiger partial charge in [0.15, 0.2) is 0 Å². The molecule has 0 spiro atoms. The summed E-state index contributed by atoms with van der Waals surface area (Å²) in [5, 5.41) is 8.12. The maximum atomic E-state index is 11.5. The minimum Gasteiger partial charge on any atom is -0.369 e. The Morgan fingerprint density at radius 2 is 0.691 bits per heavy atom. The first-order chi connectivity index (χ1) is 26.2.